The minimum absolute atomic E-state index is 0.470. The van der Waals surface area contributed by atoms with Gasteiger partial charge in [-0.3, -0.25) is 0 Å². The van der Waals surface area contributed by atoms with Gasteiger partial charge in [-0.25, -0.2) is 0 Å². The van der Waals surface area contributed by atoms with Crippen LogP contribution in [0.25, 0.3) is 0 Å². The van der Waals surface area contributed by atoms with Crippen LogP contribution in [0.3, 0.4) is 0 Å². The summed E-state index contributed by atoms with van der Waals surface area (Å²) in [6, 6.07) is 11.0. The zero-order valence-corrected chi connectivity index (χ0v) is 16.8. The maximum atomic E-state index is 2.54. The number of thioether (sulfide) groups is 1. The Hall–Kier alpha value is -0.213. The molecule has 1 aromatic carbocycles. The van der Waals surface area contributed by atoms with Gasteiger partial charge in [0.1, 0.15) is 0 Å². The molecule has 3 atom stereocenters. The van der Waals surface area contributed by atoms with E-state index in [1.807, 2.05) is 0 Å². The molecule has 1 aliphatic heterocycles. The van der Waals surface area contributed by atoms with E-state index in [0.29, 0.717) is 10.1 Å². The maximum Gasteiger partial charge on any atom is 0.0722 e. The molecule has 0 aromatic heterocycles. The zero-order chi connectivity index (χ0) is 16.1. The van der Waals surface area contributed by atoms with Gasteiger partial charge >= 0.3 is 0 Å². The van der Waals surface area contributed by atoms with E-state index in [1.54, 1.807) is 0 Å². The topological polar surface area (TPSA) is 0 Å². The minimum atomic E-state index is -1.39. The number of hydrogen-bond acceptors (Lipinski definition) is 1. The van der Waals surface area contributed by atoms with E-state index in [4.69, 9.17) is 0 Å². The van der Waals surface area contributed by atoms with Crippen LogP contribution in [0.4, 0.5) is 0 Å². The highest BCUT2D eigenvalue weighted by Gasteiger charge is 2.69. The van der Waals surface area contributed by atoms with Crippen molar-refractivity contribution in [3.63, 3.8) is 0 Å². The third-order valence-corrected chi connectivity index (χ3v) is 16.6. The molecule has 1 aromatic rings. The Morgan fingerprint density at radius 1 is 0.810 bits per heavy atom. The average Bonchev–Trinajstić information content (AvgIpc) is 2.34. The first-order valence-electron chi connectivity index (χ1n) is 8.25. The van der Waals surface area contributed by atoms with Crippen molar-refractivity contribution in [1.82, 2.24) is 0 Å². The lowest BCUT2D eigenvalue weighted by Gasteiger charge is -2.69. The molecule has 0 spiro atoms. The van der Waals surface area contributed by atoms with Crippen LogP contribution >= 0.6 is 11.8 Å². The summed E-state index contributed by atoms with van der Waals surface area (Å²) in [6.45, 7) is 20.1. The summed E-state index contributed by atoms with van der Waals surface area (Å²) in [4.78, 5) is 1.44. The summed E-state index contributed by atoms with van der Waals surface area (Å²) in [5, 5.41) is 1.73. The maximum absolute atomic E-state index is 2.54. The van der Waals surface area contributed by atoms with E-state index in [-0.39, 0.29) is 0 Å². The van der Waals surface area contributed by atoms with Gasteiger partial charge in [0.2, 0.25) is 0 Å². The largest absolute Gasteiger partial charge is 0.123 e. The molecular formula is C19H32SSi. The Kier molecular flexibility index (Phi) is 4.45. The van der Waals surface area contributed by atoms with Crippen LogP contribution in [0.2, 0.25) is 21.2 Å². The first-order chi connectivity index (χ1) is 9.53. The van der Waals surface area contributed by atoms with E-state index in [1.165, 1.54) is 4.90 Å². The lowest BCUT2D eigenvalue weighted by atomic mass is 10.2. The lowest BCUT2D eigenvalue weighted by Crippen LogP contribution is -2.69. The second kappa shape index (κ2) is 5.45. The summed E-state index contributed by atoms with van der Waals surface area (Å²) in [6.07, 6.45) is 0. The van der Waals surface area contributed by atoms with E-state index in [9.17, 15) is 0 Å². The number of rotatable bonds is 2. The molecule has 0 bridgehead atoms. The molecule has 0 radical (unpaired) electrons. The van der Waals surface area contributed by atoms with Crippen molar-refractivity contribution in [3.05, 3.63) is 30.3 Å². The van der Waals surface area contributed by atoms with Gasteiger partial charge in [-0.05, 0) is 33.3 Å². The zero-order valence-electron chi connectivity index (χ0n) is 15.0. The van der Waals surface area contributed by atoms with Crippen LogP contribution in [0.1, 0.15) is 55.4 Å². The molecule has 0 amide bonds. The van der Waals surface area contributed by atoms with Gasteiger partial charge in [-0.15, -0.1) is 11.8 Å². The standard InChI is InChI=1S/C19H32SSi/c1-14-17(20-16-12-10-9-11-13-16)15(2)21(14,18(3,4)5)19(6,7)8/h9-15,17H,1-8H3/t14-,15+,17?. The summed E-state index contributed by atoms with van der Waals surface area (Å²) in [5.74, 6) is 0. The lowest BCUT2D eigenvalue weighted by molar-refractivity contribution is 0.476. The second-order valence-corrected chi connectivity index (χ2v) is 16.7. The van der Waals surface area contributed by atoms with Crippen LogP contribution in [0.15, 0.2) is 35.2 Å². The molecule has 1 unspecified atom stereocenters. The predicted molar refractivity (Wildman–Crippen MR) is 100 cm³/mol. The van der Waals surface area contributed by atoms with Crippen LogP contribution < -0.4 is 0 Å². The quantitative estimate of drug-likeness (QED) is 0.529. The van der Waals surface area contributed by atoms with Gasteiger partial charge < -0.3 is 0 Å². The molecular weight excluding hydrogens is 288 g/mol. The van der Waals surface area contributed by atoms with Gasteiger partial charge in [-0.2, -0.15) is 0 Å². The number of hydrogen-bond donors (Lipinski definition) is 0. The van der Waals surface area contributed by atoms with Crippen molar-refractivity contribution in [2.75, 3.05) is 0 Å². The molecule has 0 saturated carbocycles. The monoisotopic (exact) mass is 320 g/mol. The molecule has 0 N–H and O–H groups in total. The summed E-state index contributed by atoms with van der Waals surface area (Å²) in [7, 11) is -1.39. The van der Waals surface area contributed by atoms with E-state index in [2.05, 4.69) is 97.5 Å². The van der Waals surface area contributed by atoms with Gasteiger partial charge in [0.05, 0.1) is 8.07 Å². The van der Waals surface area contributed by atoms with Crippen LogP contribution in [0.5, 0.6) is 0 Å². The smallest absolute Gasteiger partial charge is 0.0722 e. The van der Waals surface area contributed by atoms with E-state index < -0.39 is 8.07 Å². The Labute approximate surface area is 137 Å². The highest BCUT2D eigenvalue weighted by atomic mass is 32.2. The molecule has 21 heavy (non-hydrogen) atoms. The highest BCUT2D eigenvalue weighted by molar-refractivity contribution is 8.00. The molecule has 0 nitrogen and oxygen atoms in total. The van der Waals surface area contributed by atoms with E-state index in [0.717, 1.165) is 16.3 Å². The van der Waals surface area contributed by atoms with Gasteiger partial charge in [0.25, 0.3) is 0 Å². The van der Waals surface area contributed by atoms with Crippen molar-refractivity contribution >= 4 is 19.8 Å². The fourth-order valence-corrected chi connectivity index (χ4v) is 18.5. The van der Waals surface area contributed by atoms with Crippen molar-refractivity contribution in [2.24, 2.45) is 0 Å². The summed E-state index contributed by atoms with van der Waals surface area (Å²) in [5.41, 5.74) is 1.75. The van der Waals surface area contributed by atoms with Crippen molar-refractivity contribution < 1.29 is 0 Å². The van der Waals surface area contributed by atoms with Crippen molar-refractivity contribution in [2.45, 2.75) is 86.7 Å². The molecule has 1 heterocycles. The Morgan fingerprint density at radius 3 is 1.62 bits per heavy atom. The Balaban J connectivity index is 2.30. The normalized spacial score (nSPS) is 29.0. The minimum Gasteiger partial charge on any atom is -0.123 e. The molecule has 0 aliphatic carbocycles. The molecule has 1 fully saturated rings. The van der Waals surface area contributed by atoms with E-state index >= 15 is 0 Å². The summed E-state index contributed by atoms with van der Waals surface area (Å²) >= 11 is 2.12. The SMILES string of the molecule is C[C@@H]1C(Sc2ccccc2)[C@H](C)[Si]1(C(C)(C)C)C(C)(C)C. The average molecular weight is 321 g/mol. The fraction of sp³-hybridized carbons (Fsp3) is 0.684. The Morgan fingerprint density at radius 2 is 1.24 bits per heavy atom. The fourth-order valence-electron chi connectivity index (χ4n) is 5.96. The predicted octanol–water partition coefficient (Wildman–Crippen LogP) is 6.99. The molecule has 118 valence electrons. The van der Waals surface area contributed by atoms with Crippen LogP contribution in [0, 0.1) is 0 Å². The molecule has 2 rings (SSSR count). The third-order valence-electron chi connectivity index (χ3n) is 5.92. The number of benzene rings is 1. The second-order valence-electron chi connectivity index (χ2n) is 8.84. The van der Waals surface area contributed by atoms with Crippen LogP contribution in [-0.4, -0.2) is 13.3 Å². The van der Waals surface area contributed by atoms with Crippen molar-refractivity contribution in [1.29, 1.82) is 0 Å². The summed E-state index contributed by atoms with van der Waals surface area (Å²) < 4.78 is 0. The highest BCUT2D eigenvalue weighted by Crippen LogP contribution is 2.73. The van der Waals surface area contributed by atoms with Gasteiger partial charge in [0.15, 0.2) is 0 Å². The Bertz CT molecular complexity index is 455. The molecule has 1 aliphatic rings. The third kappa shape index (κ3) is 2.53. The van der Waals surface area contributed by atoms with Gasteiger partial charge in [0, 0.05) is 10.1 Å². The van der Waals surface area contributed by atoms with Gasteiger partial charge in [-0.1, -0.05) is 73.6 Å². The van der Waals surface area contributed by atoms with Crippen LogP contribution in [-0.2, 0) is 0 Å². The molecule has 2 heteroatoms. The van der Waals surface area contributed by atoms with Crippen molar-refractivity contribution in [3.8, 4) is 0 Å². The first-order valence-corrected chi connectivity index (χ1v) is 11.3. The molecule has 1 saturated heterocycles. The first kappa shape index (κ1) is 17.1.